The zero-order chi connectivity index (χ0) is 17.4. The predicted molar refractivity (Wildman–Crippen MR) is 99.4 cm³/mol. The van der Waals surface area contributed by atoms with Crippen molar-refractivity contribution in [1.82, 2.24) is 14.6 Å². The second-order valence-corrected chi connectivity index (χ2v) is 6.77. The fraction of sp³-hybridized carbons (Fsp3) is 0.0556. The van der Waals surface area contributed by atoms with Gasteiger partial charge in [0.2, 0.25) is 4.96 Å². The molecule has 0 saturated carbocycles. The molecule has 0 bridgehead atoms. The molecule has 0 unspecified atom stereocenters. The molecule has 0 radical (unpaired) electrons. The summed E-state index contributed by atoms with van der Waals surface area (Å²) in [5, 5.41) is 4.97. The van der Waals surface area contributed by atoms with Crippen LogP contribution in [0.2, 0.25) is 5.02 Å². The van der Waals surface area contributed by atoms with Crippen molar-refractivity contribution in [2.75, 3.05) is 7.11 Å². The molecule has 25 heavy (non-hydrogen) atoms. The van der Waals surface area contributed by atoms with Crippen molar-refractivity contribution in [2.45, 2.75) is 0 Å². The van der Waals surface area contributed by atoms with Gasteiger partial charge in [-0.2, -0.15) is 9.50 Å². The Kier molecular flexibility index (Phi) is 3.99. The van der Waals surface area contributed by atoms with E-state index in [2.05, 4.69) is 10.1 Å². The number of thiazole rings is 1. The second-order valence-electron chi connectivity index (χ2n) is 5.33. The third kappa shape index (κ3) is 3.01. The average molecular weight is 370 g/mol. The van der Waals surface area contributed by atoms with Gasteiger partial charge in [-0.25, -0.2) is 0 Å². The lowest BCUT2D eigenvalue weighted by Crippen LogP contribution is -2.23. The van der Waals surface area contributed by atoms with E-state index in [0.717, 1.165) is 16.9 Å². The molecule has 0 fully saturated rings. The number of halogens is 1. The average Bonchev–Trinajstić information content (AvgIpc) is 3.16. The molecule has 2 heterocycles. The molecule has 0 spiro atoms. The maximum Gasteiger partial charge on any atom is 0.291 e. The molecule has 0 aliphatic rings. The Morgan fingerprint density at radius 2 is 2.00 bits per heavy atom. The molecule has 7 heteroatoms. The van der Waals surface area contributed by atoms with E-state index in [1.165, 1.54) is 15.9 Å². The number of aromatic nitrogens is 3. The number of fused-ring (bicyclic) bond motifs is 1. The Morgan fingerprint density at radius 3 is 2.72 bits per heavy atom. The van der Waals surface area contributed by atoms with Gasteiger partial charge in [-0.15, -0.1) is 5.10 Å². The molecular formula is C18H12ClN3O2S. The third-order valence-corrected chi connectivity index (χ3v) is 4.89. The lowest BCUT2D eigenvalue weighted by atomic mass is 10.2. The number of rotatable bonds is 3. The Bertz CT molecular complexity index is 1170. The molecule has 2 aromatic heterocycles. The van der Waals surface area contributed by atoms with Crippen LogP contribution in [0.5, 0.6) is 5.75 Å². The highest BCUT2D eigenvalue weighted by molar-refractivity contribution is 7.15. The van der Waals surface area contributed by atoms with Crippen molar-refractivity contribution in [3.05, 3.63) is 74.0 Å². The third-order valence-electron chi connectivity index (χ3n) is 3.68. The van der Waals surface area contributed by atoms with E-state index in [9.17, 15) is 4.79 Å². The lowest BCUT2D eigenvalue weighted by Gasteiger charge is -1.99. The van der Waals surface area contributed by atoms with Crippen LogP contribution in [0.1, 0.15) is 5.56 Å². The lowest BCUT2D eigenvalue weighted by molar-refractivity contribution is 0.414. The molecule has 0 saturated heterocycles. The van der Waals surface area contributed by atoms with Gasteiger partial charge in [0, 0.05) is 10.6 Å². The normalized spacial score (nSPS) is 12.0. The Balaban J connectivity index is 1.79. The van der Waals surface area contributed by atoms with E-state index < -0.39 is 0 Å². The minimum atomic E-state index is -0.185. The minimum Gasteiger partial charge on any atom is -0.497 e. The van der Waals surface area contributed by atoms with Crippen LogP contribution in [-0.2, 0) is 0 Å². The van der Waals surface area contributed by atoms with E-state index in [1.54, 1.807) is 19.2 Å². The summed E-state index contributed by atoms with van der Waals surface area (Å²) in [5.41, 5.74) is 1.52. The van der Waals surface area contributed by atoms with Crippen molar-refractivity contribution < 1.29 is 4.74 Å². The number of hydrogen-bond donors (Lipinski definition) is 0. The molecule has 0 aliphatic carbocycles. The summed E-state index contributed by atoms with van der Waals surface area (Å²) in [6.45, 7) is 0. The molecule has 4 rings (SSSR count). The van der Waals surface area contributed by atoms with Crippen LogP contribution in [0.15, 0.2) is 53.3 Å². The van der Waals surface area contributed by atoms with E-state index in [0.29, 0.717) is 20.3 Å². The maximum absolute atomic E-state index is 12.6. The Hall–Kier alpha value is -2.70. The largest absolute Gasteiger partial charge is 0.497 e. The smallest absolute Gasteiger partial charge is 0.291 e. The highest BCUT2D eigenvalue weighted by Crippen LogP contribution is 2.19. The summed E-state index contributed by atoms with van der Waals surface area (Å²) in [6.07, 6.45) is 1.81. The van der Waals surface area contributed by atoms with Crippen LogP contribution >= 0.6 is 22.9 Å². The minimum absolute atomic E-state index is 0.185. The summed E-state index contributed by atoms with van der Waals surface area (Å²) in [5.74, 6) is 1.25. The fourth-order valence-corrected chi connectivity index (χ4v) is 3.47. The Morgan fingerprint density at radius 1 is 1.20 bits per heavy atom. The van der Waals surface area contributed by atoms with Gasteiger partial charge >= 0.3 is 0 Å². The summed E-state index contributed by atoms with van der Waals surface area (Å²) in [7, 11) is 1.61. The van der Waals surface area contributed by atoms with Crippen LogP contribution in [0, 0.1) is 0 Å². The zero-order valence-electron chi connectivity index (χ0n) is 13.1. The summed E-state index contributed by atoms with van der Waals surface area (Å²) >= 11 is 7.20. The standard InChI is InChI=1S/C18H12ClN3O2S/c1-24-14-4-2-3-11(9-14)10-15-17(23)22-18(25-15)20-16(21-22)12-5-7-13(19)8-6-12/h2-10H,1H3/b15-10+. The fourth-order valence-electron chi connectivity index (χ4n) is 2.44. The first kappa shape index (κ1) is 15.8. The molecular weight excluding hydrogens is 358 g/mol. The van der Waals surface area contributed by atoms with Crippen LogP contribution in [0.4, 0.5) is 0 Å². The van der Waals surface area contributed by atoms with Gasteiger partial charge in [0.05, 0.1) is 11.6 Å². The van der Waals surface area contributed by atoms with Gasteiger partial charge < -0.3 is 4.74 Å². The molecule has 0 aliphatic heterocycles. The van der Waals surface area contributed by atoms with Crippen LogP contribution in [0.3, 0.4) is 0 Å². The number of methoxy groups -OCH3 is 1. The van der Waals surface area contributed by atoms with Gasteiger partial charge in [0.15, 0.2) is 5.82 Å². The number of ether oxygens (including phenoxy) is 1. The first-order valence-electron chi connectivity index (χ1n) is 7.45. The van der Waals surface area contributed by atoms with Crippen molar-refractivity contribution >= 4 is 34.0 Å². The maximum atomic E-state index is 12.6. The first-order chi connectivity index (χ1) is 12.1. The SMILES string of the molecule is COc1cccc(/C=c2/sc3nc(-c4ccc(Cl)cc4)nn3c2=O)c1. The molecule has 4 aromatic rings. The summed E-state index contributed by atoms with van der Waals surface area (Å²) < 4.78 is 7.11. The van der Waals surface area contributed by atoms with E-state index in [1.807, 2.05) is 42.5 Å². The van der Waals surface area contributed by atoms with Gasteiger partial charge in [0.1, 0.15) is 5.75 Å². The van der Waals surface area contributed by atoms with Gasteiger partial charge in [-0.3, -0.25) is 4.79 Å². The predicted octanol–water partition coefficient (Wildman–Crippen LogP) is 3.03. The zero-order valence-corrected chi connectivity index (χ0v) is 14.7. The topological polar surface area (TPSA) is 56.5 Å². The van der Waals surface area contributed by atoms with E-state index in [-0.39, 0.29) is 5.56 Å². The highest BCUT2D eigenvalue weighted by atomic mass is 35.5. The van der Waals surface area contributed by atoms with Crippen molar-refractivity contribution in [3.8, 4) is 17.1 Å². The second kappa shape index (κ2) is 6.31. The van der Waals surface area contributed by atoms with Gasteiger partial charge in [-0.1, -0.05) is 35.1 Å². The van der Waals surface area contributed by atoms with Crippen molar-refractivity contribution in [2.24, 2.45) is 0 Å². The summed E-state index contributed by atoms with van der Waals surface area (Å²) in [6, 6.07) is 14.7. The quantitative estimate of drug-likeness (QED) is 0.557. The van der Waals surface area contributed by atoms with Gasteiger partial charge in [0.25, 0.3) is 5.56 Å². The van der Waals surface area contributed by atoms with Crippen molar-refractivity contribution in [3.63, 3.8) is 0 Å². The number of hydrogen-bond acceptors (Lipinski definition) is 5. The van der Waals surface area contributed by atoms with Crippen LogP contribution in [-0.4, -0.2) is 21.7 Å². The Labute approximate surface area is 151 Å². The molecule has 5 nitrogen and oxygen atoms in total. The monoisotopic (exact) mass is 369 g/mol. The van der Waals surface area contributed by atoms with E-state index in [4.69, 9.17) is 16.3 Å². The van der Waals surface area contributed by atoms with Gasteiger partial charge in [-0.05, 0) is 48.0 Å². The van der Waals surface area contributed by atoms with Crippen LogP contribution in [0.25, 0.3) is 22.4 Å². The molecule has 0 amide bonds. The molecule has 124 valence electrons. The number of nitrogens with zero attached hydrogens (tertiary/aromatic N) is 3. The van der Waals surface area contributed by atoms with Crippen LogP contribution < -0.4 is 14.8 Å². The van der Waals surface area contributed by atoms with Crippen molar-refractivity contribution in [1.29, 1.82) is 0 Å². The number of benzene rings is 2. The highest BCUT2D eigenvalue weighted by Gasteiger charge is 2.11. The summed E-state index contributed by atoms with van der Waals surface area (Å²) in [4.78, 5) is 17.6. The molecule has 0 N–H and O–H groups in total. The first-order valence-corrected chi connectivity index (χ1v) is 8.65. The molecule has 0 atom stereocenters. The molecule has 2 aromatic carbocycles. The van der Waals surface area contributed by atoms with E-state index >= 15 is 0 Å².